The van der Waals surface area contributed by atoms with E-state index < -0.39 is 0 Å². The van der Waals surface area contributed by atoms with Crippen molar-refractivity contribution in [2.24, 2.45) is 0 Å². The molecule has 0 rings (SSSR count). The van der Waals surface area contributed by atoms with E-state index in [0.717, 1.165) is 64.8 Å². The van der Waals surface area contributed by atoms with Crippen molar-refractivity contribution < 1.29 is 19.5 Å². The number of aliphatic hydroxyl groups excluding tert-OH is 1. The Kier molecular flexibility index (Phi) is 49.1. The average Bonchev–Trinajstić information content (AvgIpc) is 3.23. The molecule has 0 aliphatic carbocycles. The largest absolute Gasteiger partial charge is 0.394 e. The third-order valence-corrected chi connectivity index (χ3v) is 11.6. The van der Waals surface area contributed by atoms with E-state index >= 15 is 0 Å². The lowest BCUT2D eigenvalue weighted by Crippen LogP contribution is -2.30. The summed E-state index contributed by atoms with van der Waals surface area (Å²) in [6.07, 6.45) is 54.5. The number of rotatable bonds is 49. The standard InChI is InChI=1S/C52H102N2O4/c1-4-7-10-13-16-19-20-21-22-23-24-25-26-29-34-39-44-53(48-50-57-51-49-55)45-40-35-30-27-28-33-38-43-52(56)58-54(46-41-36-31-17-14-11-8-5-2)47-42-37-32-18-15-12-9-6-3/h16,19,21-22,55H,4-15,17-18,20,23-51H2,1-3H3/b19-16-,22-21-. The highest BCUT2D eigenvalue weighted by Crippen LogP contribution is 2.15. The quantitative estimate of drug-likeness (QED) is 0.0375. The summed E-state index contributed by atoms with van der Waals surface area (Å²) in [6.45, 7) is 13.1. The molecule has 0 saturated heterocycles. The molecule has 0 spiro atoms. The molecule has 6 heteroatoms. The highest BCUT2D eigenvalue weighted by Gasteiger charge is 2.12. The van der Waals surface area contributed by atoms with Gasteiger partial charge in [0.1, 0.15) is 0 Å². The number of hydrogen-bond acceptors (Lipinski definition) is 6. The Morgan fingerprint density at radius 1 is 0.431 bits per heavy atom. The summed E-state index contributed by atoms with van der Waals surface area (Å²) in [7, 11) is 0. The van der Waals surface area contributed by atoms with Crippen LogP contribution in [-0.2, 0) is 14.4 Å². The maximum Gasteiger partial charge on any atom is 0.325 e. The number of hydrogen-bond donors (Lipinski definition) is 1. The summed E-state index contributed by atoms with van der Waals surface area (Å²) in [6, 6.07) is 0. The Balaban J connectivity index is 4.16. The van der Waals surface area contributed by atoms with Gasteiger partial charge in [0, 0.05) is 26.1 Å². The van der Waals surface area contributed by atoms with Gasteiger partial charge in [-0.1, -0.05) is 206 Å². The van der Waals surface area contributed by atoms with E-state index in [9.17, 15) is 4.79 Å². The molecule has 0 saturated carbocycles. The first-order chi connectivity index (χ1) is 28.7. The zero-order valence-electron chi connectivity index (χ0n) is 39.5. The first kappa shape index (κ1) is 56.8. The fourth-order valence-electron chi connectivity index (χ4n) is 7.74. The summed E-state index contributed by atoms with van der Waals surface area (Å²) in [5.74, 6) is -0.0259. The van der Waals surface area contributed by atoms with Crippen LogP contribution in [0.1, 0.15) is 252 Å². The SMILES string of the molecule is CCCCC/C=C\C/C=C\CCCCCCCCN(CCCCCCCCCC(=O)ON(CCCCCCCCCC)CCCCCCCCCC)CCOCCO. The number of nitrogens with zero attached hydrogens (tertiary/aromatic N) is 2. The van der Waals surface area contributed by atoms with Crippen molar-refractivity contribution in [2.45, 2.75) is 252 Å². The topological polar surface area (TPSA) is 62.2 Å². The lowest BCUT2D eigenvalue weighted by molar-refractivity contribution is -0.191. The molecule has 0 radical (unpaired) electrons. The minimum absolute atomic E-state index is 0.0259. The summed E-state index contributed by atoms with van der Waals surface area (Å²) in [4.78, 5) is 21.3. The molecular weight excluding hydrogens is 717 g/mol. The van der Waals surface area contributed by atoms with Crippen LogP contribution >= 0.6 is 0 Å². The molecule has 0 aliphatic rings. The zero-order valence-corrected chi connectivity index (χ0v) is 39.5. The second-order valence-electron chi connectivity index (χ2n) is 17.3. The molecule has 0 atom stereocenters. The van der Waals surface area contributed by atoms with Crippen LogP contribution in [-0.4, -0.2) is 73.6 Å². The minimum atomic E-state index is -0.0259. The Labute approximate surface area is 363 Å². The van der Waals surface area contributed by atoms with Crippen molar-refractivity contribution in [1.82, 2.24) is 9.96 Å². The number of allylic oxidation sites excluding steroid dienone is 4. The second kappa shape index (κ2) is 50.1. The number of aliphatic hydroxyl groups is 1. The van der Waals surface area contributed by atoms with E-state index in [1.54, 1.807) is 0 Å². The molecule has 0 aliphatic heterocycles. The predicted molar refractivity (Wildman–Crippen MR) is 254 cm³/mol. The van der Waals surface area contributed by atoms with Gasteiger partial charge in [0.15, 0.2) is 0 Å². The van der Waals surface area contributed by atoms with Crippen molar-refractivity contribution >= 4 is 5.97 Å². The number of ether oxygens (including phenoxy) is 1. The number of hydroxylamine groups is 2. The van der Waals surface area contributed by atoms with Crippen LogP contribution in [0.4, 0.5) is 0 Å². The summed E-state index contributed by atoms with van der Waals surface area (Å²) in [5.41, 5.74) is 0. The lowest BCUT2D eigenvalue weighted by atomic mass is 10.1. The van der Waals surface area contributed by atoms with Crippen molar-refractivity contribution in [3.63, 3.8) is 0 Å². The molecule has 0 heterocycles. The normalized spacial score (nSPS) is 12.0. The van der Waals surface area contributed by atoms with E-state index in [4.69, 9.17) is 14.7 Å². The highest BCUT2D eigenvalue weighted by atomic mass is 16.7. The van der Waals surface area contributed by atoms with Crippen molar-refractivity contribution in [3.8, 4) is 0 Å². The zero-order chi connectivity index (χ0) is 42.1. The minimum Gasteiger partial charge on any atom is -0.394 e. The van der Waals surface area contributed by atoms with Crippen LogP contribution in [0.25, 0.3) is 0 Å². The first-order valence-corrected chi connectivity index (χ1v) is 25.8. The molecule has 58 heavy (non-hydrogen) atoms. The van der Waals surface area contributed by atoms with Gasteiger partial charge in [-0.3, -0.25) is 4.79 Å². The fourth-order valence-corrected chi connectivity index (χ4v) is 7.74. The van der Waals surface area contributed by atoms with Crippen LogP contribution in [0, 0.1) is 0 Å². The monoisotopic (exact) mass is 819 g/mol. The van der Waals surface area contributed by atoms with Crippen molar-refractivity contribution in [2.75, 3.05) is 52.5 Å². The maximum absolute atomic E-state index is 12.8. The van der Waals surface area contributed by atoms with Crippen molar-refractivity contribution in [1.29, 1.82) is 0 Å². The van der Waals surface area contributed by atoms with E-state index in [0.29, 0.717) is 19.6 Å². The van der Waals surface area contributed by atoms with Crippen LogP contribution in [0.2, 0.25) is 0 Å². The Bertz CT molecular complexity index is 829. The molecule has 6 nitrogen and oxygen atoms in total. The van der Waals surface area contributed by atoms with E-state index in [-0.39, 0.29) is 12.6 Å². The van der Waals surface area contributed by atoms with E-state index in [1.165, 1.54) is 193 Å². The number of carbonyl (C=O) groups excluding carboxylic acids is 1. The van der Waals surface area contributed by atoms with Gasteiger partial charge in [0.05, 0.1) is 19.8 Å². The van der Waals surface area contributed by atoms with Gasteiger partial charge >= 0.3 is 5.97 Å². The van der Waals surface area contributed by atoms with Gasteiger partial charge in [-0.15, -0.1) is 5.06 Å². The predicted octanol–water partition coefficient (Wildman–Crippen LogP) is 15.3. The van der Waals surface area contributed by atoms with Gasteiger partial charge < -0.3 is 19.6 Å². The van der Waals surface area contributed by atoms with Crippen molar-refractivity contribution in [3.05, 3.63) is 24.3 Å². The van der Waals surface area contributed by atoms with Crippen LogP contribution < -0.4 is 0 Å². The molecule has 344 valence electrons. The van der Waals surface area contributed by atoms with Gasteiger partial charge in [-0.05, 0) is 77.3 Å². The number of carbonyl (C=O) groups is 1. The third kappa shape index (κ3) is 45.9. The third-order valence-electron chi connectivity index (χ3n) is 11.6. The molecule has 0 amide bonds. The fraction of sp³-hybridized carbons (Fsp3) is 0.904. The summed E-state index contributed by atoms with van der Waals surface area (Å²) < 4.78 is 5.61. The van der Waals surface area contributed by atoms with Gasteiger partial charge in [0.25, 0.3) is 0 Å². The maximum atomic E-state index is 12.8. The molecule has 0 unspecified atom stereocenters. The molecular formula is C52H102N2O4. The summed E-state index contributed by atoms with van der Waals surface area (Å²) in [5, 5.41) is 11.1. The Morgan fingerprint density at radius 2 is 0.810 bits per heavy atom. The van der Waals surface area contributed by atoms with E-state index in [2.05, 4.69) is 50.0 Å². The Morgan fingerprint density at radius 3 is 1.28 bits per heavy atom. The second-order valence-corrected chi connectivity index (χ2v) is 17.3. The smallest absolute Gasteiger partial charge is 0.325 e. The number of unbranched alkanes of at least 4 members (excludes halogenated alkanes) is 29. The van der Waals surface area contributed by atoms with Crippen LogP contribution in [0.5, 0.6) is 0 Å². The summed E-state index contributed by atoms with van der Waals surface area (Å²) >= 11 is 0. The van der Waals surface area contributed by atoms with Crippen LogP contribution in [0.3, 0.4) is 0 Å². The van der Waals surface area contributed by atoms with Crippen LogP contribution in [0.15, 0.2) is 24.3 Å². The molecule has 0 aromatic rings. The lowest BCUT2D eigenvalue weighted by Gasteiger charge is -2.22. The average molecular weight is 819 g/mol. The molecule has 0 aromatic carbocycles. The highest BCUT2D eigenvalue weighted by molar-refractivity contribution is 5.68. The molecule has 0 bridgehead atoms. The van der Waals surface area contributed by atoms with E-state index in [1.807, 2.05) is 5.06 Å². The molecule has 0 aromatic heterocycles. The Hall–Kier alpha value is -1.21. The van der Waals surface area contributed by atoms with Gasteiger partial charge in [-0.25, -0.2) is 0 Å². The van der Waals surface area contributed by atoms with Gasteiger partial charge in [-0.2, -0.15) is 0 Å². The first-order valence-electron chi connectivity index (χ1n) is 25.8. The molecule has 0 fully saturated rings. The molecule has 1 N–H and O–H groups in total. The van der Waals surface area contributed by atoms with Gasteiger partial charge in [0.2, 0.25) is 0 Å².